The van der Waals surface area contributed by atoms with Gasteiger partial charge in [-0.1, -0.05) is 0 Å². The Morgan fingerprint density at radius 3 is 2.26 bits per heavy atom. The van der Waals surface area contributed by atoms with Crippen molar-refractivity contribution in [3.63, 3.8) is 0 Å². The van der Waals surface area contributed by atoms with Crippen molar-refractivity contribution >= 4 is 27.3 Å². The monoisotopic (exact) mass is 391 g/mol. The van der Waals surface area contributed by atoms with Crippen molar-refractivity contribution in [3.05, 3.63) is 29.8 Å². The maximum absolute atomic E-state index is 12.8. The topological polar surface area (TPSA) is 78.0 Å². The third-order valence-electron chi connectivity index (χ3n) is 5.83. The third-order valence-corrected chi connectivity index (χ3v) is 7.58. The van der Waals surface area contributed by atoms with Crippen molar-refractivity contribution in [3.8, 4) is 0 Å². The molecule has 3 aliphatic heterocycles. The Morgan fingerprint density at radius 1 is 1.00 bits per heavy atom. The first-order valence-electron chi connectivity index (χ1n) is 9.57. The molecule has 1 aromatic rings. The quantitative estimate of drug-likeness (QED) is 0.760. The number of rotatable bonds is 3. The zero-order valence-electron chi connectivity index (χ0n) is 15.3. The van der Waals surface area contributed by atoms with Crippen molar-refractivity contribution in [2.24, 2.45) is 0 Å². The van der Waals surface area contributed by atoms with Crippen LogP contribution in [0, 0.1) is 0 Å². The summed E-state index contributed by atoms with van der Waals surface area (Å²) in [5.74, 6) is 0.660. The van der Waals surface area contributed by atoms with E-state index < -0.39 is 9.84 Å². The van der Waals surface area contributed by atoms with E-state index in [1.165, 1.54) is 0 Å². The Bertz CT molecular complexity index is 829. The molecule has 0 radical (unpaired) electrons. The molecule has 0 spiro atoms. The van der Waals surface area contributed by atoms with Crippen LogP contribution in [0.5, 0.6) is 0 Å². The summed E-state index contributed by atoms with van der Waals surface area (Å²) in [6.07, 6.45) is 2.17. The molecule has 0 N–H and O–H groups in total. The smallest absolute Gasteiger partial charge is 0.253 e. The molecule has 4 rings (SSSR count). The van der Waals surface area contributed by atoms with Crippen molar-refractivity contribution in [2.75, 3.05) is 49.1 Å². The van der Waals surface area contributed by atoms with Crippen LogP contribution < -0.4 is 4.90 Å². The molecule has 3 heterocycles. The Labute approximate surface area is 159 Å². The Hall–Kier alpha value is -1.93. The first kappa shape index (κ1) is 18.4. The summed E-state index contributed by atoms with van der Waals surface area (Å²) >= 11 is 0. The van der Waals surface area contributed by atoms with Crippen molar-refractivity contribution < 1.29 is 18.0 Å². The summed E-state index contributed by atoms with van der Waals surface area (Å²) < 4.78 is 23.3. The van der Waals surface area contributed by atoms with Gasteiger partial charge < -0.3 is 9.80 Å². The third kappa shape index (κ3) is 3.87. The fraction of sp³-hybridized carbons (Fsp3) is 0.579. The van der Waals surface area contributed by atoms with Gasteiger partial charge in [0.1, 0.15) is 0 Å². The first-order chi connectivity index (χ1) is 12.9. The van der Waals surface area contributed by atoms with Crippen LogP contribution in [0.3, 0.4) is 0 Å². The number of hydrogen-bond donors (Lipinski definition) is 0. The second-order valence-electron chi connectivity index (χ2n) is 7.58. The summed E-state index contributed by atoms with van der Waals surface area (Å²) in [7, 11) is -2.88. The molecule has 1 atom stereocenters. The summed E-state index contributed by atoms with van der Waals surface area (Å²) in [6.45, 7) is 3.40. The Kier molecular flexibility index (Phi) is 4.94. The van der Waals surface area contributed by atoms with E-state index in [-0.39, 0.29) is 29.4 Å². The van der Waals surface area contributed by atoms with Gasteiger partial charge in [-0.2, -0.15) is 0 Å². The van der Waals surface area contributed by atoms with Gasteiger partial charge in [-0.3, -0.25) is 14.5 Å². The van der Waals surface area contributed by atoms with E-state index in [0.29, 0.717) is 44.6 Å². The lowest BCUT2D eigenvalue weighted by Gasteiger charge is -2.37. The highest BCUT2D eigenvalue weighted by molar-refractivity contribution is 7.91. The molecule has 7 nitrogen and oxygen atoms in total. The van der Waals surface area contributed by atoms with Crippen LogP contribution in [0.25, 0.3) is 0 Å². The van der Waals surface area contributed by atoms with E-state index in [0.717, 1.165) is 18.7 Å². The van der Waals surface area contributed by atoms with Gasteiger partial charge in [0.25, 0.3) is 5.91 Å². The number of carbonyl (C=O) groups excluding carboxylic acids is 2. The zero-order chi connectivity index (χ0) is 19.0. The van der Waals surface area contributed by atoms with Crippen molar-refractivity contribution in [2.45, 2.75) is 25.3 Å². The average molecular weight is 391 g/mol. The number of sulfone groups is 1. The predicted molar refractivity (Wildman–Crippen MR) is 103 cm³/mol. The lowest BCUT2D eigenvalue weighted by molar-refractivity contribution is -0.117. The number of anilines is 1. The lowest BCUT2D eigenvalue weighted by Crippen LogP contribution is -2.52. The van der Waals surface area contributed by atoms with Gasteiger partial charge in [0.2, 0.25) is 5.91 Å². The van der Waals surface area contributed by atoms with E-state index in [4.69, 9.17) is 0 Å². The molecule has 146 valence electrons. The molecular formula is C19H25N3O4S. The molecule has 3 saturated heterocycles. The molecule has 3 aliphatic rings. The second-order valence-corrected chi connectivity index (χ2v) is 9.81. The molecule has 1 unspecified atom stereocenters. The lowest BCUT2D eigenvalue weighted by atomic mass is 10.1. The van der Waals surface area contributed by atoms with Crippen LogP contribution in [-0.4, -0.2) is 80.3 Å². The van der Waals surface area contributed by atoms with Gasteiger partial charge in [-0.15, -0.1) is 0 Å². The average Bonchev–Trinajstić information content (AvgIpc) is 3.26. The highest BCUT2D eigenvalue weighted by atomic mass is 32.2. The van der Waals surface area contributed by atoms with Gasteiger partial charge in [0, 0.05) is 56.4 Å². The molecule has 0 aliphatic carbocycles. The largest absolute Gasteiger partial charge is 0.336 e. The number of nitrogens with zero attached hydrogens (tertiary/aromatic N) is 3. The van der Waals surface area contributed by atoms with Crippen LogP contribution in [-0.2, 0) is 14.6 Å². The summed E-state index contributed by atoms with van der Waals surface area (Å²) in [4.78, 5) is 30.4. The van der Waals surface area contributed by atoms with Crippen LogP contribution in [0.15, 0.2) is 24.3 Å². The fourth-order valence-corrected chi connectivity index (χ4v) is 6.00. The van der Waals surface area contributed by atoms with E-state index >= 15 is 0 Å². The van der Waals surface area contributed by atoms with Crippen LogP contribution in [0.4, 0.5) is 5.69 Å². The number of benzene rings is 1. The van der Waals surface area contributed by atoms with Crippen LogP contribution >= 0.6 is 0 Å². The minimum absolute atomic E-state index is 0.00649. The SMILES string of the molecule is O=C(c1ccc(N2CCCC2=O)cc1)N1CCN(C2CCS(=O)(=O)C2)CC1. The number of piperazine rings is 1. The Balaban J connectivity index is 1.34. The number of hydrogen-bond acceptors (Lipinski definition) is 5. The summed E-state index contributed by atoms with van der Waals surface area (Å²) in [5, 5.41) is 0. The predicted octanol–water partition coefficient (Wildman–Crippen LogP) is 0.758. The van der Waals surface area contributed by atoms with Crippen molar-refractivity contribution in [1.29, 1.82) is 0 Å². The Morgan fingerprint density at radius 2 is 1.70 bits per heavy atom. The summed E-state index contributed by atoms with van der Waals surface area (Å²) in [5.41, 5.74) is 1.48. The molecular weight excluding hydrogens is 366 g/mol. The normalized spacial score (nSPS) is 25.9. The van der Waals surface area contributed by atoms with E-state index in [1.807, 2.05) is 17.0 Å². The van der Waals surface area contributed by atoms with Gasteiger partial charge in [-0.25, -0.2) is 8.42 Å². The van der Waals surface area contributed by atoms with Gasteiger partial charge in [0.15, 0.2) is 9.84 Å². The minimum Gasteiger partial charge on any atom is -0.336 e. The highest BCUT2D eigenvalue weighted by Crippen LogP contribution is 2.23. The number of amides is 2. The van der Waals surface area contributed by atoms with Gasteiger partial charge >= 0.3 is 0 Å². The molecule has 3 fully saturated rings. The molecule has 0 bridgehead atoms. The number of carbonyl (C=O) groups is 2. The van der Waals surface area contributed by atoms with E-state index in [9.17, 15) is 18.0 Å². The molecule has 0 aromatic heterocycles. The van der Waals surface area contributed by atoms with Gasteiger partial charge in [0.05, 0.1) is 11.5 Å². The van der Waals surface area contributed by atoms with E-state index in [1.54, 1.807) is 17.0 Å². The maximum atomic E-state index is 12.8. The molecule has 1 aromatic carbocycles. The molecule has 8 heteroatoms. The molecule has 27 heavy (non-hydrogen) atoms. The highest BCUT2D eigenvalue weighted by Gasteiger charge is 2.34. The van der Waals surface area contributed by atoms with Gasteiger partial charge in [-0.05, 0) is 37.1 Å². The minimum atomic E-state index is -2.88. The first-order valence-corrected chi connectivity index (χ1v) is 11.4. The second kappa shape index (κ2) is 7.24. The van der Waals surface area contributed by atoms with Crippen molar-refractivity contribution in [1.82, 2.24) is 9.80 Å². The summed E-state index contributed by atoms with van der Waals surface area (Å²) in [6, 6.07) is 7.37. The maximum Gasteiger partial charge on any atom is 0.253 e. The zero-order valence-corrected chi connectivity index (χ0v) is 16.2. The molecule has 0 saturated carbocycles. The molecule has 2 amide bonds. The van der Waals surface area contributed by atoms with Crippen LogP contribution in [0.1, 0.15) is 29.6 Å². The van der Waals surface area contributed by atoms with E-state index in [2.05, 4.69) is 4.90 Å². The van der Waals surface area contributed by atoms with Crippen LogP contribution in [0.2, 0.25) is 0 Å². The fourth-order valence-electron chi connectivity index (χ4n) is 4.24. The standard InChI is InChI=1S/C19H25N3O4S/c23-18-2-1-8-22(18)16-5-3-15(4-6-16)19(24)21-11-9-20(10-12-21)17-7-13-27(25,26)14-17/h3-6,17H,1-2,7-14H2.